The summed E-state index contributed by atoms with van der Waals surface area (Å²) >= 11 is 0. The average molecular weight is 324 g/mol. The molecular formula is C18H16N2O4. The van der Waals surface area contributed by atoms with E-state index in [4.69, 9.17) is 9.47 Å². The Morgan fingerprint density at radius 1 is 1.08 bits per heavy atom. The third-order valence-electron chi connectivity index (χ3n) is 3.38. The average Bonchev–Trinajstić information content (AvgIpc) is 2.59. The molecule has 24 heavy (non-hydrogen) atoms. The number of aromatic nitrogens is 2. The van der Waals surface area contributed by atoms with E-state index in [1.165, 1.54) is 0 Å². The number of rotatable bonds is 5. The SMILES string of the molecule is COc1cccc(Cc2nc(O)c(Oc3ccccc3)c(=O)[nH]2)c1. The molecule has 122 valence electrons. The molecule has 0 aliphatic carbocycles. The lowest BCUT2D eigenvalue weighted by atomic mass is 10.1. The number of aromatic amines is 1. The van der Waals surface area contributed by atoms with Gasteiger partial charge in [0.05, 0.1) is 7.11 Å². The topological polar surface area (TPSA) is 84.4 Å². The zero-order valence-electron chi connectivity index (χ0n) is 13.0. The molecule has 0 amide bonds. The van der Waals surface area contributed by atoms with Gasteiger partial charge in [-0.2, -0.15) is 4.98 Å². The van der Waals surface area contributed by atoms with Gasteiger partial charge in [0, 0.05) is 6.42 Å². The summed E-state index contributed by atoms with van der Waals surface area (Å²) in [7, 11) is 1.58. The van der Waals surface area contributed by atoms with Crippen molar-refractivity contribution >= 4 is 0 Å². The number of methoxy groups -OCH3 is 1. The Labute approximate surface area is 138 Å². The molecule has 1 aromatic heterocycles. The molecule has 0 radical (unpaired) electrons. The summed E-state index contributed by atoms with van der Waals surface area (Å²) < 4.78 is 10.6. The van der Waals surface area contributed by atoms with Crippen LogP contribution in [0.1, 0.15) is 11.4 Å². The lowest BCUT2D eigenvalue weighted by molar-refractivity contribution is 0.387. The molecule has 3 aromatic rings. The fraction of sp³-hybridized carbons (Fsp3) is 0.111. The zero-order valence-corrected chi connectivity index (χ0v) is 13.0. The number of aromatic hydroxyl groups is 1. The van der Waals surface area contributed by atoms with Gasteiger partial charge in [0.15, 0.2) is 0 Å². The number of nitrogens with one attached hydrogen (secondary N) is 1. The first kappa shape index (κ1) is 15.6. The molecule has 0 bridgehead atoms. The molecule has 3 rings (SSSR count). The van der Waals surface area contributed by atoms with Crippen LogP contribution in [0.5, 0.6) is 23.1 Å². The predicted octanol–water partition coefficient (Wildman–Crippen LogP) is 2.87. The highest BCUT2D eigenvalue weighted by molar-refractivity contribution is 5.36. The number of benzene rings is 2. The number of H-pyrrole nitrogens is 1. The Bertz CT molecular complexity index is 891. The highest BCUT2D eigenvalue weighted by atomic mass is 16.5. The van der Waals surface area contributed by atoms with Gasteiger partial charge in [-0.15, -0.1) is 0 Å². The monoisotopic (exact) mass is 324 g/mol. The van der Waals surface area contributed by atoms with Gasteiger partial charge in [0.25, 0.3) is 17.2 Å². The van der Waals surface area contributed by atoms with Crippen LogP contribution in [0, 0.1) is 0 Å². The number of nitrogens with zero attached hydrogens (tertiary/aromatic N) is 1. The molecule has 0 unspecified atom stereocenters. The van der Waals surface area contributed by atoms with Crippen molar-refractivity contribution in [2.24, 2.45) is 0 Å². The quantitative estimate of drug-likeness (QED) is 0.754. The highest BCUT2D eigenvalue weighted by Crippen LogP contribution is 2.25. The molecule has 0 saturated carbocycles. The summed E-state index contributed by atoms with van der Waals surface area (Å²) in [5.74, 6) is 0.825. The summed E-state index contributed by atoms with van der Waals surface area (Å²) in [5.41, 5.74) is 0.359. The third-order valence-corrected chi connectivity index (χ3v) is 3.38. The lowest BCUT2D eigenvalue weighted by Gasteiger charge is -2.08. The number of ether oxygens (including phenoxy) is 2. The van der Waals surface area contributed by atoms with E-state index in [2.05, 4.69) is 9.97 Å². The molecule has 0 fully saturated rings. The van der Waals surface area contributed by atoms with Crippen LogP contribution in [-0.2, 0) is 6.42 Å². The summed E-state index contributed by atoms with van der Waals surface area (Å²) in [6, 6.07) is 16.1. The fourth-order valence-electron chi connectivity index (χ4n) is 2.25. The minimum atomic E-state index is -0.538. The predicted molar refractivity (Wildman–Crippen MR) is 88.8 cm³/mol. The van der Waals surface area contributed by atoms with Crippen molar-refractivity contribution in [1.82, 2.24) is 9.97 Å². The van der Waals surface area contributed by atoms with Crippen LogP contribution in [0.15, 0.2) is 59.4 Å². The summed E-state index contributed by atoms with van der Waals surface area (Å²) in [4.78, 5) is 18.8. The second-order valence-corrected chi connectivity index (χ2v) is 5.11. The van der Waals surface area contributed by atoms with Crippen molar-refractivity contribution < 1.29 is 14.6 Å². The first-order valence-corrected chi connectivity index (χ1v) is 7.33. The largest absolute Gasteiger partial charge is 0.497 e. The number of para-hydroxylation sites is 1. The number of hydrogen-bond donors (Lipinski definition) is 2. The number of hydrogen-bond acceptors (Lipinski definition) is 5. The lowest BCUT2D eigenvalue weighted by Crippen LogP contribution is -2.14. The van der Waals surface area contributed by atoms with Crippen LogP contribution < -0.4 is 15.0 Å². The summed E-state index contributed by atoms with van der Waals surface area (Å²) in [6.07, 6.45) is 0.353. The molecule has 6 heteroatoms. The van der Waals surface area contributed by atoms with Gasteiger partial charge in [-0.05, 0) is 29.8 Å². The minimum absolute atomic E-state index is 0.226. The maximum absolute atomic E-state index is 12.2. The van der Waals surface area contributed by atoms with Gasteiger partial charge in [-0.1, -0.05) is 30.3 Å². The minimum Gasteiger partial charge on any atom is -0.497 e. The molecule has 0 spiro atoms. The van der Waals surface area contributed by atoms with Gasteiger partial charge < -0.3 is 19.6 Å². The van der Waals surface area contributed by atoms with Crippen LogP contribution in [0.2, 0.25) is 0 Å². The van der Waals surface area contributed by atoms with E-state index in [-0.39, 0.29) is 5.75 Å². The first-order chi connectivity index (χ1) is 11.7. The van der Waals surface area contributed by atoms with Gasteiger partial charge >= 0.3 is 0 Å². The maximum atomic E-state index is 12.2. The van der Waals surface area contributed by atoms with E-state index in [1.54, 1.807) is 31.4 Å². The third kappa shape index (κ3) is 3.55. The van der Waals surface area contributed by atoms with Gasteiger partial charge in [-0.25, -0.2) is 0 Å². The van der Waals surface area contributed by atoms with Crippen LogP contribution in [-0.4, -0.2) is 22.2 Å². The van der Waals surface area contributed by atoms with Crippen LogP contribution in [0.25, 0.3) is 0 Å². The smallest absolute Gasteiger partial charge is 0.298 e. The molecular weight excluding hydrogens is 308 g/mol. The first-order valence-electron chi connectivity index (χ1n) is 7.33. The maximum Gasteiger partial charge on any atom is 0.298 e. The second kappa shape index (κ2) is 6.87. The molecule has 2 aromatic carbocycles. The zero-order chi connectivity index (χ0) is 16.9. The summed E-state index contributed by atoms with van der Waals surface area (Å²) in [5, 5.41) is 10.0. The Morgan fingerprint density at radius 3 is 2.54 bits per heavy atom. The normalized spacial score (nSPS) is 10.4. The van der Waals surface area contributed by atoms with Crippen LogP contribution in [0.4, 0.5) is 0 Å². The van der Waals surface area contributed by atoms with E-state index < -0.39 is 11.4 Å². The molecule has 2 N–H and O–H groups in total. The van der Waals surface area contributed by atoms with Crippen molar-refractivity contribution in [3.63, 3.8) is 0 Å². The van der Waals surface area contributed by atoms with E-state index in [0.717, 1.165) is 5.56 Å². The summed E-state index contributed by atoms with van der Waals surface area (Å²) in [6.45, 7) is 0. The Morgan fingerprint density at radius 2 is 1.83 bits per heavy atom. The van der Waals surface area contributed by atoms with E-state index >= 15 is 0 Å². The van der Waals surface area contributed by atoms with Crippen molar-refractivity contribution in [1.29, 1.82) is 0 Å². The van der Waals surface area contributed by atoms with Gasteiger partial charge in [0.1, 0.15) is 17.3 Å². The molecule has 0 aliphatic heterocycles. The Kier molecular flexibility index (Phi) is 4.47. The van der Waals surface area contributed by atoms with Crippen molar-refractivity contribution in [2.75, 3.05) is 7.11 Å². The Hall–Kier alpha value is -3.28. The molecule has 0 atom stereocenters. The molecule has 0 saturated heterocycles. The highest BCUT2D eigenvalue weighted by Gasteiger charge is 2.13. The van der Waals surface area contributed by atoms with Crippen molar-refractivity contribution in [3.8, 4) is 23.1 Å². The van der Waals surface area contributed by atoms with Gasteiger partial charge in [-0.3, -0.25) is 4.79 Å². The Balaban J connectivity index is 1.85. The molecule has 0 aliphatic rings. The van der Waals surface area contributed by atoms with Crippen LogP contribution >= 0.6 is 0 Å². The molecule has 1 heterocycles. The second-order valence-electron chi connectivity index (χ2n) is 5.11. The standard InChI is InChI=1S/C18H16N2O4/c1-23-14-9-5-6-12(10-14)11-15-19-17(21)16(18(22)20-15)24-13-7-3-2-4-8-13/h2-10H,11H2,1H3,(H2,19,20,21,22). The van der Waals surface area contributed by atoms with Crippen molar-refractivity contribution in [2.45, 2.75) is 6.42 Å². The van der Waals surface area contributed by atoms with E-state index in [0.29, 0.717) is 23.7 Å². The fourth-order valence-corrected chi connectivity index (χ4v) is 2.25. The van der Waals surface area contributed by atoms with Crippen molar-refractivity contribution in [3.05, 3.63) is 76.3 Å². The van der Waals surface area contributed by atoms with E-state index in [9.17, 15) is 9.90 Å². The molecule has 6 nitrogen and oxygen atoms in total. The van der Waals surface area contributed by atoms with Crippen LogP contribution in [0.3, 0.4) is 0 Å². The van der Waals surface area contributed by atoms with Gasteiger partial charge in [0.2, 0.25) is 0 Å². The van der Waals surface area contributed by atoms with E-state index in [1.807, 2.05) is 30.3 Å².